The maximum Gasteiger partial charge on any atom is 0.273 e. The summed E-state index contributed by atoms with van der Waals surface area (Å²) in [5.74, 6) is -0.201. The molecule has 12 heteroatoms. The van der Waals surface area contributed by atoms with Gasteiger partial charge in [-0.15, -0.1) is 10.2 Å². The largest absolute Gasteiger partial charge is 0.495 e. The van der Waals surface area contributed by atoms with Gasteiger partial charge in [-0.2, -0.15) is 4.98 Å². The van der Waals surface area contributed by atoms with Crippen LogP contribution < -0.4 is 21.1 Å². The number of methoxy groups -OCH3 is 1. The topological polar surface area (TPSA) is 152 Å². The normalized spacial score (nSPS) is 13.7. The first-order valence-corrected chi connectivity index (χ1v) is 12.3. The average Bonchev–Trinajstić information content (AvgIpc) is 2.78. The van der Waals surface area contributed by atoms with Crippen LogP contribution in [0.2, 0.25) is 0 Å². The lowest BCUT2D eigenvalue weighted by Crippen LogP contribution is -2.26. The van der Waals surface area contributed by atoms with E-state index in [1.807, 2.05) is 12.1 Å². The second kappa shape index (κ2) is 9.23. The Morgan fingerprint density at radius 1 is 1.12 bits per heavy atom. The van der Waals surface area contributed by atoms with Gasteiger partial charge in [-0.1, -0.05) is 12.1 Å². The minimum atomic E-state index is -3.55. The van der Waals surface area contributed by atoms with Crippen LogP contribution in [-0.2, 0) is 22.8 Å². The molecule has 1 aliphatic rings. The summed E-state index contributed by atoms with van der Waals surface area (Å²) in [6.45, 7) is 1.76. The Bertz CT molecular complexity index is 1360. The van der Waals surface area contributed by atoms with Gasteiger partial charge in [-0.3, -0.25) is 4.79 Å². The van der Waals surface area contributed by atoms with Crippen LogP contribution in [0.3, 0.4) is 0 Å². The second-order valence-electron chi connectivity index (χ2n) is 8.02. The van der Waals surface area contributed by atoms with Gasteiger partial charge in [0.05, 0.1) is 23.4 Å². The number of nitrogens with zero attached hydrogens (tertiary/aromatic N) is 4. The van der Waals surface area contributed by atoms with Crippen LogP contribution in [0.4, 0.5) is 23.1 Å². The number of carbonyl (C=O) groups is 1. The molecule has 0 saturated heterocycles. The number of hydrogen-bond acceptors (Lipinski definition) is 10. The first kappa shape index (κ1) is 23.4. The minimum absolute atomic E-state index is 0.0299. The van der Waals surface area contributed by atoms with Crippen molar-refractivity contribution in [3.05, 3.63) is 53.2 Å². The molecule has 34 heavy (non-hydrogen) atoms. The third kappa shape index (κ3) is 4.92. The molecule has 178 valence electrons. The number of aromatic nitrogens is 3. The van der Waals surface area contributed by atoms with Crippen molar-refractivity contribution in [1.82, 2.24) is 20.1 Å². The first-order chi connectivity index (χ1) is 16.2. The minimum Gasteiger partial charge on any atom is -0.495 e. The van der Waals surface area contributed by atoms with E-state index in [0.717, 1.165) is 31.3 Å². The van der Waals surface area contributed by atoms with Crippen LogP contribution in [0.25, 0.3) is 0 Å². The van der Waals surface area contributed by atoms with Gasteiger partial charge in [0.15, 0.2) is 21.3 Å². The lowest BCUT2D eigenvalue weighted by molar-refractivity contribution is 0.0995. The maximum absolute atomic E-state index is 12.2. The standard InChI is InChI=1S/C22H25N7O4S/c1-29-9-8-13-11-17(33-2)16(10-14(13)12-29)25-22-26-21(19(20(23)30)27-28-22)24-15-6-4-5-7-18(15)34(3,31)32/h4-7,10-11H,8-9,12H2,1-3H3,(H2,23,30)(H2,24,25,26,28). The molecule has 1 amide bonds. The number of para-hydroxylation sites is 1. The van der Waals surface area contributed by atoms with E-state index in [1.165, 1.54) is 11.6 Å². The number of carbonyl (C=O) groups excluding carboxylic acids is 1. The highest BCUT2D eigenvalue weighted by Gasteiger charge is 2.21. The van der Waals surface area contributed by atoms with Crippen molar-refractivity contribution >= 4 is 38.9 Å². The van der Waals surface area contributed by atoms with Crippen molar-refractivity contribution in [2.45, 2.75) is 17.9 Å². The zero-order valence-electron chi connectivity index (χ0n) is 19.0. The summed E-state index contributed by atoms with van der Waals surface area (Å²) in [5.41, 5.74) is 8.44. The molecule has 0 spiro atoms. The second-order valence-corrected chi connectivity index (χ2v) is 10.0. The smallest absolute Gasteiger partial charge is 0.273 e. The van der Waals surface area contributed by atoms with E-state index in [2.05, 4.69) is 37.8 Å². The van der Waals surface area contributed by atoms with E-state index in [0.29, 0.717) is 11.4 Å². The Morgan fingerprint density at radius 2 is 1.88 bits per heavy atom. The number of nitrogens with two attached hydrogens (primary N) is 1. The van der Waals surface area contributed by atoms with Crippen molar-refractivity contribution < 1.29 is 17.9 Å². The quantitative estimate of drug-likeness (QED) is 0.454. The maximum atomic E-state index is 12.2. The SMILES string of the molecule is COc1cc2c(cc1Nc1nnc(C(N)=O)c(Nc3ccccc3S(C)(=O)=O)n1)CN(C)CC2. The fourth-order valence-corrected chi connectivity index (χ4v) is 4.61. The molecule has 4 N–H and O–H groups in total. The summed E-state index contributed by atoms with van der Waals surface area (Å²) in [6, 6.07) is 10.2. The summed E-state index contributed by atoms with van der Waals surface area (Å²) >= 11 is 0. The molecule has 0 saturated carbocycles. The summed E-state index contributed by atoms with van der Waals surface area (Å²) in [4.78, 5) is 18.5. The van der Waals surface area contributed by atoms with E-state index >= 15 is 0 Å². The molecule has 0 atom stereocenters. The van der Waals surface area contributed by atoms with Crippen LogP contribution in [0.15, 0.2) is 41.3 Å². The van der Waals surface area contributed by atoms with Crippen LogP contribution in [0, 0.1) is 0 Å². The number of amides is 1. The Labute approximate surface area is 197 Å². The zero-order valence-corrected chi connectivity index (χ0v) is 19.8. The summed E-state index contributed by atoms with van der Waals surface area (Å²) in [6.07, 6.45) is 2.01. The van der Waals surface area contributed by atoms with Crippen molar-refractivity contribution in [1.29, 1.82) is 0 Å². The van der Waals surface area contributed by atoms with E-state index < -0.39 is 15.7 Å². The lowest BCUT2D eigenvalue weighted by Gasteiger charge is -2.26. The third-order valence-corrected chi connectivity index (χ3v) is 6.59. The molecule has 2 aromatic carbocycles. The van der Waals surface area contributed by atoms with Gasteiger partial charge in [0.2, 0.25) is 5.95 Å². The number of ether oxygens (including phenoxy) is 1. The molecule has 3 aromatic rings. The van der Waals surface area contributed by atoms with Crippen molar-refractivity contribution in [2.75, 3.05) is 37.6 Å². The summed E-state index contributed by atoms with van der Waals surface area (Å²) in [7, 11) is 0.0870. The Morgan fingerprint density at radius 3 is 2.59 bits per heavy atom. The summed E-state index contributed by atoms with van der Waals surface area (Å²) < 4.78 is 29.9. The number of likely N-dealkylation sites (N-methyl/N-ethyl adjacent to an activating group) is 1. The lowest BCUT2D eigenvalue weighted by atomic mass is 9.99. The van der Waals surface area contributed by atoms with E-state index in [9.17, 15) is 13.2 Å². The van der Waals surface area contributed by atoms with Gasteiger partial charge < -0.3 is 26.0 Å². The Hall–Kier alpha value is -3.77. The predicted molar refractivity (Wildman–Crippen MR) is 127 cm³/mol. The number of nitrogens with one attached hydrogen (secondary N) is 2. The van der Waals surface area contributed by atoms with Crippen LogP contribution in [0.5, 0.6) is 5.75 Å². The van der Waals surface area contributed by atoms with E-state index in [4.69, 9.17) is 10.5 Å². The molecule has 1 aliphatic heterocycles. The first-order valence-electron chi connectivity index (χ1n) is 10.4. The fraction of sp³-hybridized carbons (Fsp3) is 0.273. The van der Waals surface area contributed by atoms with Gasteiger partial charge in [0, 0.05) is 19.3 Å². The highest BCUT2D eigenvalue weighted by Crippen LogP contribution is 2.33. The molecule has 0 radical (unpaired) electrons. The number of sulfone groups is 1. The zero-order chi connectivity index (χ0) is 24.5. The average molecular weight is 484 g/mol. The molecular weight excluding hydrogens is 458 g/mol. The van der Waals surface area contributed by atoms with Gasteiger partial charge in [0.1, 0.15) is 5.75 Å². The number of hydrogen-bond donors (Lipinski definition) is 3. The number of primary amides is 1. The van der Waals surface area contributed by atoms with Crippen LogP contribution in [0.1, 0.15) is 21.6 Å². The van der Waals surface area contributed by atoms with Crippen LogP contribution >= 0.6 is 0 Å². The highest BCUT2D eigenvalue weighted by atomic mass is 32.2. The van der Waals surface area contributed by atoms with E-state index in [1.54, 1.807) is 25.3 Å². The number of benzene rings is 2. The van der Waals surface area contributed by atoms with Gasteiger partial charge in [-0.25, -0.2) is 8.42 Å². The Kier molecular flexibility index (Phi) is 6.35. The molecule has 0 fully saturated rings. The monoisotopic (exact) mass is 483 g/mol. The number of rotatable bonds is 7. The van der Waals surface area contributed by atoms with Gasteiger partial charge in [-0.05, 0) is 48.9 Å². The van der Waals surface area contributed by atoms with Crippen molar-refractivity contribution in [3.63, 3.8) is 0 Å². The molecule has 0 bridgehead atoms. The van der Waals surface area contributed by atoms with Crippen molar-refractivity contribution in [3.8, 4) is 5.75 Å². The molecule has 2 heterocycles. The Balaban J connectivity index is 1.72. The van der Waals surface area contributed by atoms with Crippen LogP contribution in [-0.4, -0.2) is 61.4 Å². The number of anilines is 4. The third-order valence-electron chi connectivity index (χ3n) is 5.43. The molecule has 0 unspecified atom stereocenters. The van der Waals surface area contributed by atoms with Gasteiger partial charge in [0.25, 0.3) is 5.91 Å². The number of fused-ring (bicyclic) bond motifs is 1. The van der Waals surface area contributed by atoms with Crippen molar-refractivity contribution in [2.24, 2.45) is 5.73 Å². The predicted octanol–water partition coefficient (Wildman–Crippen LogP) is 1.86. The molecule has 4 rings (SSSR count). The van der Waals surface area contributed by atoms with Gasteiger partial charge >= 0.3 is 0 Å². The summed E-state index contributed by atoms with van der Waals surface area (Å²) in [5, 5.41) is 13.8. The fourth-order valence-electron chi connectivity index (χ4n) is 3.77. The molecule has 1 aromatic heterocycles. The molecular formula is C22H25N7O4S. The molecule has 0 aliphatic carbocycles. The van der Waals surface area contributed by atoms with E-state index in [-0.39, 0.29) is 28.0 Å². The highest BCUT2D eigenvalue weighted by molar-refractivity contribution is 7.90. The molecule has 11 nitrogen and oxygen atoms in total.